The molecule has 1 amide bonds. The van der Waals surface area contributed by atoms with Crippen molar-refractivity contribution in [3.8, 4) is 0 Å². The summed E-state index contributed by atoms with van der Waals surface area (Å²) in [5.74, 6) is -1.35. The van der Waals surface area contributed by atoms with E-state index in [1.807, 2.05) is 0 Å². The van der Waals surface area contributed by atoms with Crippen LogP contribution in [0, 0.1) is 0 Å². The molecule has 1 aromatic heterocycles. The van der Waals surface area contributed by atoms with Crippen molar-refractivity contribution in [3.05, 3.63) is 24.0 Å². The number of hydrogen-bond acceptors (Lipinski definition) is 4. The van der Waals surface area contributed by atoms with E-state index in [9.17, 15) is 9.59 Å². The Balaban J connectivity index is 2.05. The first-order chi connectivity index (χ1) is 7.51. The molecule has 6 heteroatoms. The van der Waals surface area contributed by atoms with Crippen molar-refractivity contribution in [2.24, 2.45) is 5.73 Å². The minimum Gasteiger partial charge on any atom is -0.477 e. The number of carbonyl (C=O) groups excluding carboxylic acids is 1. The van der Waals surface area contributed by atoms with Crippen LogP contribution in [-0.4, -0.2) is 27.5 Å². The molecule has 16 heavy (non-hydrogen) atoms. The topological polar surface area (TPSA) is 105 Å². The van der Waals surface area contributed by atoms with Gasteiger partial charge in [0.05, 0.1) is 17.4 Å². The van der Waals surface area contributed by atoms with E-state index in [2.05, 4.69) is 10.3 Å². The Morgan fingerprint density at radius 2 is 2.12 bits per heavy atom. The van der Waals surface area contributed by atoms with Crippen LogP contribution in [0.5, 0.6) is 0 Å². The Hall–Kier alpha value is -1.95. The number of carbonyl (C=O) groups is 2. The molecule has 2 rings (SSSR count). The highest BCUT2D eigenvalue weighted by molar-refractivity contribution is 6.00. The molecule has 84 valence electrons. The zero-order valence-electron chi connectivity index (χ0n) is 8.43. The number of hydrogen-bond donors (Lipinski definition) is 3. The molecular weight excluding hydrogens is 210 g/mol. The summed E-state index contributed by atoms with van der Waals surface area (Å²) in [5.41, 5.74) is 5.33. The van der Waals surface area contributed by atoms with E-state index in [-0.39, 0.29) is 11.6 Å². The van der Waals surface area contributed by atoms with E-state index in [4.69, 9.17) is 10.8 Å². The maximum Gasteiger partial charge on any atom is 0.354 e. The van der Waals surface area contributed by atoms with Gasteiger partial charge >= 0.3 is 5.97 Å². The summed E-state index contributed by atoms with van der Waals surface area (Å²) in [5, 5.41) is 11.2. The van der Waals surface area contributed by atoms with Crippen molar-refractivity contribution in [3.63, 3.8) is 0 Å². The Labute approximate surface area is 91.5 Å². The molecule has 4 N–H and O–H groups in total. The van der Waals surface area contributed by atoms with E-state index >= 15 is 0 Å². The Morgan fingerprint density at radius 3 is 2.56 bits per heavy atom. The standard InChI is InChI=1S/C10H11N3O3/c11-10(3-4-10)9(16)13-6-1-2-7(8(14)15)12-5-6/h1-2,5H,3-4,11H2,(H,13,16)(H,14,15). The number of nitrogens with zero attached hydrogens (tertiary/aromatic N) is 1. The van der Waals surface area contributed by atoms with Crippen LogP contribution in [0.25, 0.3) is 0 Å². The van der Waals surface area contributed by atoms with E-state index < -0.39 is 11.5 Å². The SMILES string of the molecule is NC1(C(=O)Nc2ccc(C(=O)O)nc2)CC1. The minimum absolute atomic E-state index is 0.0631. The average molecular weight is 221 g/mol. The van der Waals surface area contributed by atoms with Crippen molar-refractivity contribution in [1.29, 1.82) is 0 Å². The fourth-order valence-electron chi connectivity index (χ4n) is 1.21. The lowest BCUT2D eigenvalue weighted by atomic mass is 10.2. The van der Waals surface area contributed by atoms with Crippen molar-refractivity contribution < 1.29 is 14.7 Å². The van der Waals surface area contributed by atoms with Crippen LogP contribution in [0.4, 0.5) is 5.69 Å². The van der Waals surface area contributed by atoms with Gasteiger partial charge in [0.15, 0.2) is 0 Å². The second-order valence-electron chi connectivity index (χ2n) is 3.85. The molecule has 0 radical (unpaired) electrons. The molecule has 0 aliphatic heterocycles. The van der Waals surface area contributed by atoms with Gasteiger partial charge in [-0.3, -0.25) is 4.79 Å². The summed E-state index contributed by atoms with van der Waals surface area (Å²) in [6, 6.07) is 2.81. The number of pyridine rings is 1. The maximum atomic E-state index is 11.5. The fraction of sp³-hybridized carbons (Fsp3) is 0.300. The number of nitrogens with two attached hydrogens (primary N) is 1. The zero-order chi connectivity index (χ0) is 11.8. The lowest BCUT2D eigenvalue weighted by Crippen LogP contribution is -2.37. The summed E-state index contributed by atoms with van der Waals surface area (Å²) in [6.07, 6.45) is 2.66. The number of carboxylic acids is 1. The summed E-state index contributed by atoms with van der Waals surface area (Å²) < 4.78 is 0. The Kier molecular flexibility index (Phi) is 2.35. The molecule has 1 aliphatic rings. The molecule has 6 nitrogen and oxygen atoms in total. The number of anilines is 1. The summed E-state index contributed by atoms with van der Waals surface area (Å²) in [6.45, 7) is 0. The van der Waals surface area contributed by atoms with E-state index in [0.717, 1.165) is 0 Å². The minimum atomic E-state index is -1.10. The van der Waals surface area contributed by atoms with Gasteiger partial charge in [-0.15, -0.1) is 0 Å². The van der Waals surface area contributed by atoms with E-state index in [1.165, 1.54) is 18.3 Å². The molecule has 0 aromatic carbocycles. The van der Waals surface area contributed by atoms with Crippen LogP contribution < -0.4 is 11.1 Å². The van der Waals surface area contributed by atoms with Gasteiger partial charge in [0.1, 0.15) is 5.69 Å². The number of amides is 1. The molecule has 1 aromatic rings. The normalized spacial score (nSPS) is 16.6. The second-order valence-corrected chi connectivity index (χ2v) is 3.85. The van der Waals surface area contributed by atoms with Crippen molar-refractivity contribution in [2.75, 3.05) is 5.32 Å². The number of carboxylic acid groups (broad SMARTS) is 1. The molecule has 0 atom stereocenters. The van der Waals surface area contributed by atoms with Gasteiger partial charge < -0.3 is 16.2 Å². The van der Waals surface area contributed by atoms with Gasteiger partial charge in [-0.2, -0.15) is 0 Å². The molecule has 0 spiro atoms. The van der Waals surface area contributed by atoms with Crippen LogP contribution in [0.3, 0.4) is 0 Å². The van der Waals surface area contributed by atoms with Crippen molar-refractivity contribution >= 4 is 17.6 Å². The molecule has 0 saturated heterocycles. The van der Waals surface area contributed by atoms with Crippen molar-refractivity contribution in [2.45, 2.75) is 18.4 Å². The van der Waals surface area contributed by atoms with Crippen LogP contribution in [0.1, 0.15) is 23.3 Å². The smallest absolute Gasteiger partial charge is 0.354 e. The van der Waals surface area contributed by atoms with E-state index in [1.54, 1.807) is 0 Å². The first-order valence-electron chi connectivity index (χ1n) is 4.81. The summed E-state index contributed by atoms with van der Waals surface area (Å²) in [7, 11) is 0. The quantitative estimate of drug-likeness (QED) is 0.676. The highest BCUT2D eigenvalue weighted by atomic mass is 16.4. The van der Waals surface area contributed by atoms with Gasteiger partial charge in [0, 0.05) is 0 Å². The molecule has 1 heterocycles. The highest BCUT2D eigenvalue weighted by Gasteiger charge is 2.45. The Bertz CT molecular complexity index is 437. The lowest BCUT2D eigenvalue weighted by molar-refractivity contribution is -0.118. The average Bonchev–Trinajstić information content (AvgIpc) is 2.99. The molecule has 1 aliphatic carbocycles. The van der Waals surface area contributed by atoms with Crippen LogP contribution in [-0.2, 0) is 4.79 Å². The fourth-order valence-corrected chi connectivity index (χ4v) is 1.21. The number of aromatic nitrogens is 1. The van der Waals surface area contributed by atoms with Gasteiger partial charge in [0.25, 0.3) is 0 Å². The van der Waals surface area contributed by atoms with E-state index in [0.29, 0.717) is 18.5 Å². The number of aromatic carboxylic acids is 1. The summed E-state index contributed by atoms with van der Waals surface area (Å²) in [4.78, 5) is 25.7. The van der Waals surface area contributed by atoms with Crippen LogP contribution in [0.2, 0.25) is 0 Å². The van der Waals surface area contributed by atoms with Gasteiger partial charge in [-0.1, -0.05) is 0 Å². The largest absolute Gasteiger partial charge is 0.477 e. The lowest BCUT2D eigenvalue weighted by Gasteiger charge is -2.09. The Morgan fingerprint density at radius 1 is 1.44 bits per heavy atom. The monoisotopic (exact) mass is 221 g/mol. The van der Waals surface area contributed by atoms with Crippen LogP contribution in [0.15, 0.2) is 18.3 Å². The second kappa shape index (κ2) is 3.57. The maximum absolute atomic E-state index is 11.5. The van der Waals surface area contributed by atoms with Gasteiger partial charge in [0.2, 0.25) is 5.91 Å². The molecule has 1 saturated carbocycles. The van der Waals surface area contributed by atoms with Gasteiger partial charge in [-0.25, -0.2) is 9.78 Å². The predicted octanol–water partition coefficient (Wildman–Crippen LogP) is 0.210. The first-order valence-corrected chi connectivity index (χ1v) is 4.81. The third-order valence-corrected chi connectivity index (χ3v) is 2.48. The molecule has 0 unspecified atom stereocenters. The predicted molar refractivity (Wildman–Crippen MR) is 56.0 cm³/mol. The zero-order valence-corrected chi connectivity index (χ0v) is 8.43. The summed E-state index contributed by atoms with van der Waals surface area (Å²) >= 11 is 0. The van der Waals surface area contributed by atoms with Gasteiger partial charge in [-0.05, 0) is 25.0 Å². The number of nitrogens with one attached hydrogen (secondary N) is 1. The van der Waals surface area contributed by atoms with Crippen molar-refractivity contribution in [1.82, 2.24) is 4.98 Å². The molecule has 1 fully saturated rings. The number of rotatable bonds is 3. The molecular formula is C10H11N3O3. The van der Waals surface area contributed by atoms with Crippen LogP contribution >= 0.6 is 0 Å². The highest BCUT2D eigenvalue weighted by Crippen LogP contribution is 2.33. The third kappa shape index (κ3) is 2.01. The first kappa shape index (κ1) is 10.6. The third-order valence-electron chi connectivity index (χ3n) is 2.48. The molecule has 0 bridgehead atoms.